The molecule has 0 saturated heterocycles. The fraction of sp³-hybridized carbons (Fsp3) is 0.571. The monoisotopic (exact) mass is 252 g/mol. The molecule has 0 bridgehead atoms. The lowest BCUT2D eigenvalue weighted by Crippen LogP contribution is -2.40. The summed E-state index contributed by atoms with van der Waals surface area (Å²) in [6.07, 6.45) is 4.70. The number of nitrogens with two attached hydrogens (primary N) is 1. The highest BCUT2D eigenvalue weighted by Gasteiger charge is 2.21. The van der Waals surface area contributed by atoms with E-state index in [0.29, 0.717) is 18.1 Å². The van der Waals surface area contributed by atoms with Crippen LogP contribution in [0.5, 0.6) is 0 Å². The summed E-state index contributed by atoms with van der Waals surface area (Å²) in [5.74, 6) is 0. The largest absolute Gasteiger partial charge is 0.328 e. The molecule has 1 fully saturated rings. The van der Waals surface area contributed by atoms with Gasteiger partial charge >= 0.3 is 0 Å². The first-order valence-corrected chi connectivity index (χ1v) is 6.80. The number of nitrogens with one attached hydrogen (secondary N) is 1. The molecule has 1 aromatic rings. The topological polar surface area (TPSA) is 38.0 Å². The summed E-state index contributed by atoms with van der Waals surface area (Å²) < 4.78 is 0. The molecule has 1 aromatic carbocycles. The zero-order chi connectivity index (χ0) is 12.3. The van der Waals surface area contributed by atoms with E-state index in [2.05, 4.69) is 18.3 Å². The molecule has 0 amide bonds. The highest BCUT2D eigenvalue weighted by Crippen LogP contribution is 2.25. The number of halogens is 1. The third kappa shape index (κ3) is 3.44. The molecular formula is C14H21ClN2. The van der Waals surface area contributed by atoms with E-state index in [0.717, 1.165) is 11.4 Å². The lowest BCUT2D eigenvalue weighted by Gasteiger charge is -2.30. The predicted molar refractivity (Wildman–Crippen MR) is 73.2 cm³/mol. The van der Waals surface area contributed by atoms with Crippen LogP contribution in [0.1, 0.15) is 44.2 Å². The van der Waals surface area contributed by atoms with E-state index in [9.17, 15) is 0 Å². The zero-order valence-electron chi connectivity index (χ0n) is 10.3. The van der Waals surface area contributed by atoms with Crippen molar-refractivity contribution >= 4 is 11.6 Å². The SMILES string of the molecule is CC(NC1CCCC(N)C1)c1ccccc1Cl. The Bertz CT molecular complexity index is 367. The van der Waals surface area contributed by atoms with Crippen molar-refractivity contribution in [3.05, 3.63) is 34.9 Å². The second-order valence-corrected chi connectivity index (χ2v) is 5.44. The summed E-state index contributed by atoms with van der Waals surface area (Å²) in [6, 6.07) is 9.22. The first kappa shape index (κ1) is 12.9. The van der Waals surface area contributed by atoms with Gasteiger partial charge in [-0.05, 0) is 37.8 Å². The van der Waals surface area contributed by atoms with E-state index in [4.69, 9.17) is 17.3 Å². The van der Waals surface area contributed by atoms with Crippen molar-refractivity contribution in [1.82, 2.24) is 5.32 Å². The molecule has 2 nitrogen and oxygen atoms in total. The lowest BCUT2D eigenvalue weighted by molar-refractivity contribution is 0.319. The summed E-state index contributed by atoms with van der Waals surface area (Å²) in [5.41, 5.74) is 7.18. The van der Waals surface area contributed by atoms with E-state index in [1.807, 2.05) is 18.2 Å². The fourth-order valence-corrected chi connectivity index (χ4v) is 2.95. The molecule has 17 heavy (non-hydrogen) atoms. The quantitative estimate of drug-likeness (QED) is 0.867. The summed E-state index contributed by atoms with van der Waals surface area (Å²) in [5, 5.41) is 4.48. The smallest absolute Gasteiger partial charge is 0.0453 e. The van der Waals surface area contributed by atoms with E-state index in [1.54, 1.807) is 0 Å². The minimum atomic E-state index is 0.291. The highest BCUT2D eigenvalue weighted by atomic mass is 35.5. The molecule has 2 rings (SSSR count). The van der Waals surface area contributed by atoms with E-state index in [1.165, 1.54) is 24.8 Å². The van der Waals surface area contributed by atoms with Crippen LogP contribution in [0.15, 0.2) is 24.3 Å². The normalized spacial score (nSPS) is 26.8. The van der Waals surface area contributed by atoms with E-state index < -0.39 is 0 Å². The Labute approximate surface area is 109 Å². The van der Waals surface area contributed by atoms with Crippen LogP contribution in [0.25, 0.3) is 0 Å². The predicted octanol–water partition coefficient (Wildman–Crippen LogP) is 3.26. The van der Waals surface area contributed by atoms with Crippen molar-refractivity contribution in [2.45, 2.75) is 50.7 Å². The van der Waals surface area contributed by atoms with Gasteiger partial charge in [-0.2, -0.15) is 0 Å². The lowest BCUT2D eigenvalue weighted by atomic mass is 9.91. The molecule has 3 unspecified atom stereocenters. The van der Waals surface area contributed by atoms with Gasteiger partial charge in [0.05, 0.1) is 0 Å². The number of hydrogen-bond acceptors (Lipinski definition) is 2. The summed E-state index contributed by atoms with van der Waals surface area (Å²) in [7, 11) is 0. The Morgan fingerprint density at radius 1 is 1.35 bits per heavy atom. The van der Waals surface area contributed by atoms with Crippen molar-refractivity contribution in [2.75, 3.05) is 0 Å². The van der Waals surface area contributed by atoms with Gasteiger partial charge in [0.25, 0.3) is 0 Å². The third-order valence-corrected chi connectivity index (χ3v) is 3.92. The van der Waals surface area contributed by atoms with Crippen LogP contribution in [0, 0.1) is 0 Å². The molecule has 94 valence electrons. The standard InChI is InChI=1S/C14H21ClN2/c1-10(13-7-2-3-8-14(13)15)17-12-6-4-5-11(16)9-12/h2-3,7-8,10-12,17H,4-6,9,16H2,1H3. The number of rotatable bonds is 3. The third-order valence-electron chi connectivity index (χ3n) is 3.57. The van der Waals surface area contributed by atoms with Gasteiger partial charge in [-0.25, -0.2) is 0 Å². The van der Waals surface area contributed by atoms with Crippen molar-refractivity contribution in [1.29, 1.82) is 0 Å². The van der Waals surface area contributed by atoms with Crippen molar-refractivity contribution in [2.24, 2.45) is 5.73 Å². The van der Waals surface area contributed by atoms with Crippen LogP contribution in [-0.2, 0) is 0 Å². The molecule has 1 aliphatic carbocycles. The molecular weight excluding hydrogens is 232 g/mol. The first-order valence-electron chi connectivity index (χ1n) is 6.43. The van der Waals surface area contributed by atoms with Gasteiger partial charge < -0.3 is 11.1 Å². The van der Waals surface area contributed by atoms with Crippen molar-refractivity contribution < 1.29 is 0 Å². The molecule has 0 spiro atoms. The van der Waals surface area contributed by atoms with Gasteiger partial charge in [0.2, 0.25) is 0 Å². The highest BCUT2D eigenvalue weighted by molar-refractivity contribution is 6.31. The molecule has 0 heterocycles. The molecule has 3 N–H and O–H groups in total. The molecule has 1 aliphatic rings. The minimum absolute atomic E-state index is 0.291. The molecule has 1 saturated carbocycles. The Balaban J connectivity index is 1.97. The van der Waals surface area contributed by atoms with Gasteiger partial charge in [-0.1, -0.05) is 36.2 Å². The van der Waals surface area contributed by atoms with Crippen LogP contribution in [0.4, 0.5) is 0 Å². The number of hydrogen-bond donors (Lipinski definition) is 2. The van der Waals surface area contributed by atoms with Crippen LogP contribution < -0.4 is 11.1 Å². The maximum absolute atomic E-state index is 6.20. The summed E-state index contributed by atoms with van der Waals surface area (Å²) in [6.45, 7) is 2.17. The van der Waals surface area contributed by atoms with Crippen LogP contribution in [0.2, 0.25) is 5.02 Å². The van der Waals surface area contributed by atoms with Gasteiger partial charge in [-0.3, -0.25) is 0 Å². The van der Waals surface area contributed by atoms with Crippen LogP contribution in [-0.4, -0.2) is 12.1 Å². The van der Waals surface area contributed by atoms with Crippen LogP contribution >= 0.6 is 11.6 Å². The van der Waals surface area contributed by atoms with Gasteiger partial charge in [0.1, 0.15) is 0 Å². The average molecular weight is 253 g/mol. The maximum atomic E-state index is 6.20. The van der Waals surface area contributed by atoms with E-state index in [-0.39, 0.29) is 0 Å². The molecule has 0 aliphatic heterocycles. The fourth-order valence-electron chi connectivity index (χ4n) is 2.65. The second kappa shape index (κ2) is 5.85. The summed E-state index contributed by atoms with van der Waals surface area (Å²) >= 11 is 6.20. The molecule has 0 radical (unpaired) electrons. The molecule has 0 aromatic heterocycles. The zero-order valence-corrected chi connectivity index (χ0v) is 11.1. The average Bonchev–Trinajstić information content (AvgIpc) is 2.29. The second-order valence-electron chi connectivity index (χ2n) is 5.03. The Morgan fingerprint density at radius 3 is 2.82 bits per heavy atom. The van der Waals surface area contributed by atoms with Gasteiger partial charge in [-0.15, -0.1) is 0 Å². The Morgan fingerprint density at radius 2 is 2.12 bits per heavy atom. The van der Waals surface area contributed by atoms with Crippen LogP contribution in [0.3, 0.4) is 0 Å². The van der Waals surface area contributed by atoms with E-state index >= 15 is 0 Å². The van der Waals surface area contributed by atoms with Gasteiger partial charge in [0.15, 0.2) is 0 Å². The van der Waals surface area contributed by atoms with Gasteiger partial charge in [0, 0.05) is 23.1 Å². The Kier molecular flexibility index (Phi) is 4.43. The molecule has 3 atom stereocenters. The minimum Gasteiger partial charge on any atom is -0.328 e. The first-order chi connectivity index (χ1) is 8.16. The van der Waals surface area contributed by atoms with Crippen molar-refractivity contribution in [3.63, 3.8) is 0 Å². The Hall–Kier alpha value is -0.570. The number of benzene rings is 1. The maximum Gasteiger partial charge on any atom is 0.0453 e. The molecule has 3 heteroatoms. The summed E-state index contributed by atoms with van der Waals surface area (Å²) in [4.78, 5) is 0. The van der Waals surface area contributed by atoms with Crippen molar-refractivity contribution in [3.8, 4) is 0 Å².